The van der Waals surface area contributed by atoms with Crippen molar-refractivity contribution in [3.63, 3.8) is 0 Å². The molecule has 1 atom stereocenters. The van der Waals surface area contributed by atoms with E-state index >= 15 is 0 Å². The molecule has 0 saturated carbocycles. The van der Waals surface area contributed by atoms with Gasteiger partial charge in [0.2, 0.25) is 0 Å². The molecule has 4 heteroatoms. The zero-order chi connectivity index (χ0) is 11.8. The van der Waals surface area contributed by atoms with Crippen LogP contribution in [0.1, 0.15) is 27.7 Å². The summed E-state index contributed by atoms with van der Waals surface area (Å²) in [6.07, 6.45) is 0. The molecule has 1 N–H and O–H groups in total. The van der Waals surface area contributed by atoms with Gasteiger partial charge in [-0.2, -0.15) is 0 Å². The second-order valence-electron chi connectivity index (χ2n) is 3.88. The maximum absolute atomic E-state index is 11.5. The fourth-order valence-corrected chi connectivity index (χ4v) is 1.48. The second-order valence-corrected chi connectivity index (χ2v) is 3.88. The highest BCUT2D eigenvalue weighted by atomic mass is 16.5. The van der Waals surface area contributed by atoms with Crippen molar-refractivity contribution < 1.29 is 9.53 Å². The number of likely N-dealkylation sites (N-methyl/N-ethyl adjacent to an activating group) is 1. The lowest BCUT2D eigenvalue weighted by Gasteiger charge is -2.25. The van der Waals surface area contributed by atoms with E-state index in [-0.39, 0.29) is 18.1 Å². The molecule has 4 nitrogen and oxygen atoms in total. The predicted octanol–water partition coefficient (Wildman–Crippen LogP) is 0.868. The standard InChI is InChI=1S/C11H24N2O2/c1-6-13(7-2)8-10(11(14)15-5)12-9(3)4/h9-10,12H,6-8H2,1-5H3. The van der Waals surface area contributed by atoms with E-state index in [0.717, 1.165) is 13.1 Å². The molecule has 0 spiro atoms. The molecule has 0 aliphatic rings. The summed E-state index contributed by atoms with van der Waals surface area (Å²) in [5, 5.41) is 3.21. The second kappa shape index (κ2) is 7.65. The van der Waals surface area contributed by atoms with Crippen molar-refractivity contribution in [2.24, 2.45) is 0 Å². The molecule has 1 unspecified atom stereocenters. The topological polar surface area (TPSA) is 41.6 Å². The van der Waals surface area contributed by atoms with Crippen molar-refractivity contribution in [1.82, 2.24) is 10.2 Å². The van der Waals surface area contributed by atoms with Crippen molar-refractivity contribution in [2.45, 2.75) is 39.8 Å². The van der Waals surface area contributed by atoms with E-state index in [1.807, 2.05) is 13.8 Å². The lowest BCUT2D eigenvalue weighted by molar-refractivity contribution is -0.143. The molecule has 0 saturated heterocycles. The van der Waals surface area contributed by atoms with E-state index < -0.39 is 0 Å². The van der Waals surface area contributed by atoms with E-state index in [1.165, 1.54) is 7.11 Å². The minimum absolute atomic E-state index is 0.185. The fourth-order valence-electron chi connectivity index (χ4n) is 1.48. The first-order chi connectivity index (χ1) is 7.04. The summed E-state index contributed by atoms with van der Waals surface area (Å²) in [6.45, 7) is 10.8. The number of ether oxygens (including phenoxy) is 1. The first-order valence-corrected chi connectivity index (χ1v) is 5.61. The SMILES string of the molecule is CCN(CC)CC(NC(C)C)C(=O)OC. The van der Waals surface area contributed by atoms with Gasteiger partial charge in [0.25, 0.3) is 0 Å². The number of nitrogens with one attached hydrogen (secondary N) is 1. The van der Waals surface area contributed by atoms with Gasteiger partial charge in [0.05, 0.1) is 7.11 Å². The zero-order valence-electron chi connectivity index (χ0n) is 10.5. The van der Waals surface area contributed by atoms with Crippen LogP contribution in [0.2, 0.25) is 0 Å². The monoisotopic (exact) mass is 216 g/mol. The summed E-state index contributed by atoms with van der Waals surface area (Å²) in [4.78, 5) is 13.7. The average Bonchev–Trinajstić information content (AvgIpc) is 2.22. The molecule has 0 bridgehead atoms. The number of carbonyl (C=O) groups excluding carboxylic acids is 1. The number of carbonyl (C=O) groups is 1. The number of hydrogen-bond donors (Lipinski definition) is 1. The smallest absolute Gasteiger partial charge is 0.324 e. The number of nitrogens with zero attached hydrogens (tertiary/aromatic N) is 1. The van der Waals surface area contributed by atoms with Gasteiger partial charge in [0, 0.05) is 12.6 Å². The Labute approximate surface area is 93.0 Å². The summed E-state index contributed by atoms with van der Waals surface area (Å²) in [5.41, 5.74) is 0. The molecule has 15 heavy (non-hydrogen) atoms. The molecule has 0 radical (unpaired) electrons. The Morgan fingerprint density at radius 2 is 1.87 bits per heavy atom. The lowest BCUT2D eigenvalue weighted by atomic mass is 10.2. The van der Waals surface area contributed by atoms with E-state index in [2.05, 4.69) is 24.1 Å². The molecule has 0 aromatic carbocycles. The Morgan fingerprint density at radius 3 is 2.20 bits per heavy atom. The molecular formula is C11H24N2O2. The van der Waals surface area contributed by atoms with Crippen LogP contribution in [0, 0.1) is 0 Å². The first kappa shape index (κ1) is 14.4. The summed E-state index contributed by atoms with van der Waals surface area (Å²) < 4.78 is 4.78. The highest BCUT2D eigenvalue weighted by Gasteiger charge is 2.21. The van der Waals surface area contributed by atoms with E-state index in [9.17, 15) is 4.79 Å². The van der Waals surface area contributed by atoms with Crippen LogP contribution in [-0.4, -0.2) is 49.7 Å². The first-order valence-electron chi connectivity index (χ1n) is 5.61. The van der Waals surface area contributed by atoms with Crippen molar-refractivity contribution >= 4 is 5.97 Å². The minimum Gasteiger partial charge on any atom is -0.468 e. The summed E-state index contributed by atoms with van der Waals surface area (Å²) in [5.74, 6) is -0.185. The summed E-state index contributed by atoms with van der Waals surface area (Å²) in [7, 11) is 1.43. The number of hydrogen-bond acceptors (Lipinski definition) is 4. The molecule has 90 valence electrons. The average molecular weight is 216 g/mol. The largest absolute Gasteiger partial charge is 0.468 e. The van der Waals surface area contributed by atoms with Crippen LogP contribution < -0.4 is 5.32 Å². The van der Waals surface area contributed by atoms with Gasteiger partial charge in [-0.1, -0.05) is 27.7 Å². The fraction of sp³-hybridized carbons (Fsp3) is 0.909. The van der Waals surface area contributed by atoms with Gasteiger partial charge in [0.1, 0.15) is 6.04 Å². The molecule has 0 aliphatic heterocycles. The van der Waals surface area contributed by atoms with Gasteiger partial charge in [-0.15, -0.1) is 0 Å². The predicted molar refractivity (Wildman–Crippen MR) is 61.9 cm³/mol. The molecule has 0 fully saturated rings. The third-order valence-electron chi connectivity index (χ3n) is 2.36. The van der Waals surface area contributed by atoms with Crippen LogP contribution >= 0.6 is 0 Å². The highest BCUT2D eigenvalue weighted by Crippen LogP contribution is 1.96. The lowest BCUT2D eigenvalue weighted by Crippen LogP contribution is -2.49. The Kier molecular flexibility index (Phi) is 7.34. The van der Waals surface area contributed by atoms with Crippen LogP contribution in [-0.2, 0) is 9.53 Å². The van der Waals surface area contributed by atoms with Crippen LogP contribution in [0.4, 0.5) is 0 Å². The Balaban J connectivity index is 4.28. The van der Waals surface area contributed by atoms with Crippen LogP contribution in [0.3, 0.4) is 0 Å². The van der Waals surface area contributed by atoms with Gasteiger partial charge >= 0.3 is 5.97 Å². The number of rotatable bonds is 7. The van der Waals surface area contributed by atoms with E-state index in [0.29, 0.717) is 6.54 Å². The zero-order valence-corrected chi connectivity index (χ0v) is 10.5. The Morgan fingerprint density at radius 1 is 1.33 bits per heavy atom. The van der Waals surface area contributed by atoms with Gasteiger partial charge in [-0.25, -0.2) is 0 Å². The Bertz CT molecular complexity index is 179. The molecular weight excluding hydrogens is 192 g/mol. The van der Waals surface area contributed by atoms with Gasteiger partial charge in [-0.3, -0.25) is 4.79 Å². The van der Waals surface area contributed by atoms with E-state index in [1.54, 1.807) is 0 Å². The maximum atomic E-state index is 11.5. The van der Waals surface area contributed by atoms with Crippen molar-refractivity contribution in [3.05, 3.63) is 0 Å². The van der Waals surface area contributed by atoms with Crippen molar-refractivity contribution in [3.8, 4) is 0 Å². The molecule has 0 aromatic heterocycles. The molecule has 0 rings (SSSR count). The molecule has 0 aromatic rings. The highest BCUT2D eigenvalue weighted by molar-refractivity contribution is 5.75. The normalized spacial score (nSPS) is 13.3. The van der Waals surface area contributed by atoms with Gasteiger partial charge in [-0.05, 0) is 13.1 Å². The van der Waals surface area contributed by atoms with Crippen molar-refractivity contribution in [2.75, 3.05) is 26.7 Å². The van der Waals surface area contributed by atoms with Gasteiger partial charge < -0.3 is 15.0 Å². The molecule has 0 aliphatic carbocycles. The van der Waals surface area contributed by atoms with E-state index in [4.69, 9.17) is 4.74 Å². The molecule has 0 heterocycles. The third-order valence-corrected chi connectivity index (χ3v) is 2.36. The van der Waals surface area contributed by atoms with Crippen LogP contribution in [0.25, 0.3) is 0 Å². The Hall–Kier alpha value is -0.610. The minimum atomic E-state index is -0.227. The maximum Gasteiger partial charge on any atom is 0.324 e. The number of esters is 1. The van der Waals surface area contributed by atoms with Crippen molar-refractivity contribution in [1.29, 1.82) is 0 Å². The van der Waals surface area contributed by atoms with Crippen LogP contribution in [0.5, 0.6) is 0 Å². The molecule has 0 amide bonds. The third kappa shape index (κ3) is 5.74. The number of methoxy groups -OCH3 is 1. The van der Waals surface area contributed by atoms with Crippen LogP contribution in [0.15, 0.2) is 0 Å². The van der Waals surface area contributed by atoms with Gasteiger partial charge in [0.15, 0.2) is 0 Å². The summed E-state index contributed by atoms with van der Waals surface area (Å²) >= 11 is 0. The quantitative estimate of drug-likeness (QED) is 0.641. The summed E-state index contributed by atoms with van der Waals surface area (Å²) in [6, 6.07) is 0.0552.